The Kier molecular flexibility index (Phi) is 5.03. The molecule has 0 saturated heterocycles. The maximum absolute atomic E-state index is 10.8. The molecule has 0 heterocycles. The molecule has 0 bridgehead atoms. The monoisotopic (exact) mass is 188 g/mol. The van der Waals surface area contributed by atoms with E-state index >= 15 is 0 Å². The molecule has 0 aliphatic heterocycles. The number of carboxylic acids is 1. The normalized spacial score (nSPS) is 13.1. The Bertz CT molecular complexity index is 200. The average molecular weight is 188 g/mol. The number of carboxylic acid groups (broad SMARTS) is 1. The van der Waals surface area contributed by atoms with Crippen molar-refractivity contribution in [3.8, 4) is 0 Å². The van der Waals surface area contributed by atoms with Crippen LogP contribution in [0.1, 0.15) is 13.3 Å². The molecule has 0 rings (SSSR count). The van der Waals surface area contributed by atoms with E-state index in [1.807, 2.05) is 6.92 Å². The summed E-state index contributed by atoms with van der Waals surface area (Å²) in [5.41, 5.74) is -0.0315. The third-order valence-corrected chi connectivity index (χ3v) is 2.31. The van der Waals surface area contributed by atoms with E-state index in [0.717, 1.165) is 28.8 Å². The number of hydrogen-bond donors (Lipinski definition) is 1. The van der Waals surface area contributed by atoms with Crippen LogP contribution >= 0.6 is 0 Å². The van der Waals surface area contributed by atoms with Gasteiger partial charge in [-0.3, -0.25) is 0 Å². The Balaban J connectivity index is 3.81. The quantitative estimate of drug-likeness (QED) is 0.359. The molecular formula is C7H12O4Si. The molecule has 0 spiro atoms. The van der Waals surface area contributed by atoms with E-state index in [1.54, 1.807) is 0 Å². The molecule has 0 fully saturated rings. The summed E-state index contributed by atoms with van der Waals surface area (Å²) < 4.78 is 4.82. The van der Waals surface area contributed by atoms with Gasteiger partial charge in [0.05, 0.1) is 16.0 Å². The highest BCUT2D eigenvalue weighted by Gasteiger charge is 2.03. The predicted octanol–water partition coefficient (Wildman–Crippen LogP) is -0.728. The number of hydrogen-bond acceptors (Lipinski definition) is 3. The van der Waals surface area contributed by atoms with Crippen LogP contribution in [0.5, 0.6) is 0 Å². The van der Waals surface area contributed by atoms with Gasteiger partial charge in [0.2, 0.25) is 0 Å². The third kappa shape index (κ3) is 5.66. The summed E-state index contributed by atoms with van der Waals surface area (Å²) in [5.74, 6) is -1.73. The minimum absolute atomic E-state index is 0.0315. The Morgan fingerprint density at radius 3 is 2.58 bits per heavy atom. The SMILES string of the molecule is CCC([SiH3])OC(=O)C=CC(=O)O. The molecule has 68 valence electrons. The number of carbonyl (C=O) groups excluding carboxylic acids is 1. The van der Waals surface area contributed by atoms with Gasteiger partial charge < -0.3 is 9.84 Å². The van der Waals surface area contributed by atoms with Gasteiger partial charge in [0.25, 0.3) is 0 Å². The van der Waals surface area contributed by atoms with E-state index in [9.17, 15) is 9.59 Å². The molecule has 1 unspecified atom stereocenters. The van der Waals surface area contributed by atoms with Gasteiger partial charge in [0.15, 0.2) is 0 Å². The molecule has 0 aliphatic carbocycles. The summed E-state index contributed by atoms with van der Waals surface area (Å²) in [5, 5.41) is 8.17. The van der Waals surface area contributed by atoms with Crippen molar-refractivity contribution in [3.63, 3.8) is 0 Å². The Morgan fingerprint density at radius 1 is 1.58 bits per heavy atom. The van der Waals surface area contributed by atoms with Gasteiger partial charge >= 0.3 is 11.9 Å². The molecule has 12 heavy (non-hydrogen) atoms. The predicted molar refractivity (Wildman–Crippen MR) is 46.9 cm³/mol. The molecule has 4 nitrogen and oxygen atoms in total. The minimum atomic E-state index is -1.15. The summed E-state index contributed by atoms with van der Waals surface area (Å²) in [6.45, 7) is 1.91. The number of carbonyl (C=O) groups is 2. The van der Waals surface area contributed by atoms with Crippen LogP contribution in [0.4, 0.5) is 0 Å². The molecule has 0 radical (unpaired) electrons. The molecule has 5 heteroatoms. The number of ether oxygens (including phenoxy) is 1. The zero-order valence-corrected chi connectivity index (χ0v) is 9.11. The minimum Gasteiger partial charge on any atom is -0.478 e. The Morgan fingerprint density at radius 2 is 2.17 bits per heavy atom. The first-order chi connectivity index (χ1) is 5.56. The summed E-state index contributed by atoms with van der Waals surface area (Å²) in [7, 11) is 0.767. The molecule has 1 atom stereocenters. The highest BCUT2D eigenvalue weighted by molar-refractivity contribution is 6.12. The van der Waals surface area contributed by atoms with Crippen molar-refractivity contribution in [2.24, 2.45) is 0 Å². The van der Waals surface area contributed by atoms with Gasteiger partial charge in [-0.25, -0.2) is 9.59 Å². The van der Waals surface area contributed by atoms with Crippen LogP contribution in [0.15, 0.2) is 12.2 Å². The van der Waals surface area contributed by atoms with Crippen LogP contribution in [-0.2, 0) is 14.3 Å². The maximum Gasteiger partial charge on any atom is 0.330 e. The van der Waals surface area contributed by atoms with Crippen LogP contribution in [0.3, 0.4) is 0 Å². The molecule has 0 amide bonds. The first kappa shape index (κ1) is 10.9. The lowest BCUT2D eigenvalue weighted by atomic mass is 10.5. The van der Waals surface area contributed by atoms with Crippen molar-refractivity contribution in [3.05, 3.63) is 12.2 Å². The van der Waals surface area contributed by atoms with E-state index in [-0.39, 0.29) is 5.73 Å². The van der Waals surface area contributed by atoms with Crippen molar-refractivity contribution in [1.82, 2.24) is 0 Å². The maximum atomic E-state index is 10.8. The molecule has 0 aromatic heterocycles. The number of rotatable bonds is 4. The van der Waals surface area contributed by atoms with Crippen molar-refractivity contribution < 1.29 is 19.4 Å². The standard InChI is InChI=1S/C7H12O4Si/c1-2-7(12)11-6(10)4-3-5(8)9/h3-4,7H,2H2,1,12H3,(H,8,9). The average Bonchev–Trinajstić information content (AvgIpc) is 2.00. The Labute approximate surface area is 73.6 Å². The lowest BCUT2D eigenvalue weighted by Crippen LogP contribution is -2.15. The van der Waals surface area contributed by atoms with Gasteiger partial charge in [0, 0.05) is 12.2 Å². The Hall–Kier alpha value is -1.10. The zero-order valence-electron chi connectivity index (χ0n) is 7.11. The van der Waals surface area contributed by atoms with Crippen molar-refractivity contribution in [2.45, 2.75) is 19.1 Å². The first-order valence-electron chi connectivity index (χ1n) is 3.68. The fourth-order valence-electron chi connectivity index (χ4n) is 0.460. The summed E-state index contributed by atoms with van der Waals surface area (Å²) in [6.07, 6.45) is 2.47. The lowest BCUT2D eigenvalue weighted by molar-refractivity contribution is -0.140. The van der Waals surface area contributed by atoms with Crippen LogP contribution in [0.2, 0.25) is 0 Å². The van der Waals surface area contributed by atoms with E-state index in [2.05, 4.69) is 0 Å². The lowest BCUT2D eigenvalue weighted by Gasteiger charge is -2.07. The molecule has 0 saturated carbocycles. The van der Waals surface area contributed by atoms with E-state index < -0.39 is 11.9 Å². The van der Waals surface area contributed by atoms with Crippen LogP contribution in [0.25, 0.3) is 0 Å². The first-order valence-corrected chi connectivity index (χ1v) is 4.83. The zero-order chi connectivity index (χ0) is 9.56. The van der Waals surface area contributed by atoms with E-state index in [1.165, 1.54) is 0 Å². The van der Waals surface area contributed by atoms with Crippen LogP contribution in [0, 0.1) is 0 Å². The smallest absolute Gasteiger partial charge is 0.330 e. The van der Waals surface area contributed by atoms with Gasteiger partial charge in [-0.15, -0.1) is 0 Å². The molecule has 0 aliphatic rings. The summed E-state index contributed by atoms with van der Waals surface area (Å²) in [4.78, 5) is 20.7. The van der Waals surface area contributed by atoms with E-state index in [0.29, 0.717) is 0 Å². The van der Waals surface area contributed by atoms with Crippen molar-refractivity contribution in [1.29, 1.82) is 0 Å². The van der Waals surface area contributed by atoms with E-state index in [4.69, 9.17) is 9.84 Å². The second-order valence-corrected chi connectivity index (χ2v) is 3.62. The molecular weight excluding hydrogens is 176 g/mol. The van der Waals surface area contributed by atoms with Gasteiger partial charge in [-0.05, 0) is 6.42 Å². The summed E-state index contributed by atoms with van der Waals surface area (Å²) >= 11 is 0. The summed E-state index contributed by atoms with van der Waals surface area (Å²) in [6, 6.07) is 0. The topological polar surface area (TPSA) is 63.6 Å². The second-order valence-electron chi connectivity index (χ2n) is 2.33. The van der Waals surface area contributed by atoms with Gasteiger partial charge in [-0.2, -0.15) is 0 Å². The second kappa shape index (κ2) is 5.53. The highest BCUT2D eigenvalue weighted by atomic mass is 28.1. The third-order valence-electron chi connectivity index (χ3n) is 1.25. The van der Waals surface area contributed by atoms with Gasteiger partial charge in [0.1, 0.15) is 0 Å². The molecule has 0 aromatic rings. The molecule has 1 N–H and O–H groups in total. The van der Waals surface area contributed by atoms with Crippen LogP contribution in [-0.4, -0.2) is 33.0 Å². The number of aliphatic carboxylic acids is 1. The van der Waals surface area contributed by atoms with Crippen molar-refractivity contribution in [2.75, 3.05) is 0 Å². The van der Waals surface area contributed by atoms with Crippen LogP contribution < -0.4 is 0 Å². The molecule has 0 aromatic carbocycles. The van der Waals surface area contributed by atoms with Gasteiger partial charge in [-0.1, -0.05) is 6.92 Å². The fraction of sp³-hybridized carbons (Fsp3) is 0.429. The van der Waals surface area contributed by atoms with Crippen molar-refractivity contribution >= 4 is 22.2 Å². The highest BCUT2D eigenvalue weighted by Crippen LogP contribution is 1.93. The number of esters is 1. The largest absolute Gasteiger partial charge is 0.478 e. The fourth-order valence-corrected chi connectivity index (χ4v) is 0.693.